The fourth-order valence-corrected chi connectivity index (χ4v) is 3.35. The summed E-state index contributed by atoms with van der Waals surface area (Å²) in [6.07, 6.45) is 0. The Balaban J connectivity index is 1.92. The number of H-pyrrole nitrogens is 1. The first kappa shape index (κ1) is 24.4. The zero-order chi connectivity index (χ0) is 24.8. The van der Waals surface area contributed by atoms with E-state index in [4.69, 9.17) is 10.5 Å². The number of esters is 1. The highest BCUT2D eigenvalue weighted by atomic mass is 19.1. The molecule has 0 aliphatic rings. The van der Waals surface area contributed by atoms with Gasteiger partial charge in [-0.15, -0.1) is 0 Å². The molecule has 178 valence electrons. The molecule has 9 nitrogen and oxygen atoms in total. The van der Waals surface area contributed by atoms with E-state index < -0.39 is 35.5 Å². The molecule has 0 fully saturated rings. The average molecular weight is 468 g/mol. The summed E-state index contributed by atoms with van der Waals surface area (Å²) in [4.78, 5) is 53.7. The summed E-state index contributed by atoms with van der Waals surface area (Å²) < 4.78 is 20.0. The zero-order valence-corrected chi connectivity index (χ0v) is 18.8. The lowest BCUT2D eigenvalue weighted by Crippen LogP contribution is -2.44. The maximum Gasteiger partial charge on any atom is 0.341 e. The second-order valence-electron chi connectivity index (χ2n) is 8.02. The van der Waals surface area contributed by atoms with E-state index in [1.165, 1.54) is 18.2 Å². The third kappa shape index (κ3) is 5.58. The van der Waals surface area contributed by atoms with Gasteiger partial charge in [0.05, 0.1) is 12.1 Å². The molecule has 0 saturated heterocycles. The van der Waals surface area contributed by atoms with Crippen molar-refractivity contribution in [3.8, 4) is 0 Å². The number of halogens is 1. The fraction of sp³-hybridized carbons (Fsp3) is 0.250. The van der Waals surface area contributed by atoms with Crippen LogP contribution in [0.5, 0.6) is 0 Å². The molecule has 3 N–H and O–H groups in total. The van der Waals surface area contributed by atoms with Crippen molar-refractivity contribution in [2.45, 2.75) is 20.4 Å². The molecular formula is C24H25FN4O5. The van der Waals surface area contributed by atoms with Crippen molar-refractivity contribution in [3.05, 3.63) is 92.4 Å². The van der Waals surface area contributed by atoms with Gasteiger partial charge in [-0.3, -0.25) is 19.1 Å². The minimum Gasteiger partial charge on any atom is -0.452 e. The van der Waals surface area contributed by atoms with Gasteiger partial charge in [0, 0.05) is 6.54 Å². The van der Waals surface area contributed by atoms with Crippen molar-refractivity contribution in [3.63, 3.8) is 0 Å². The predicted octanol–water partition coefficient (Wildman–Crippen LogP) is 2.15. The van der Waals surface area contributed by atoms with E-state index in [0.717, 1.165) is 21.1 Å². The highest BCUT2D eigenvalue weighted by Gasteiger charge is 2.26. The normalized spacial score (nSPS) is 10.8. The van der Waals surface area contributed by atoms with Gasteiger partial charge in [0.25, 0.3) is 11.5 Å². The van der Waals surface area contributed by atoms with Gasteiger partial charge in [0.2, 0.25) is 0 Å². The van der Waals surface area contributed by atoms with Gasteiger partial charge in [0.1, 0.15) is 11.6 Å². The Bertz CT molecular complexity index is 1300. The molecule has 3 aromatic rings. The number of rotatable bonds is 8. The summed E-state index contributed by atoms with van der Waals surface area (Å²) in [6.45, 7) is 3.01. The van der Waals surface area contributed by atoms with Crippen LogP contribution in [0.3, 0.4) is 0 Å². The van der Waals surface area contributed by atoms with Gasteiger partial charge in [-0.1, -0.05) is 56.3 Å². The lowest BCUT2D eigenvalue weighted by molar-refractivity contribution is -0.121. The summed E-state index contributed by atoms with van der Waals surface area (Å²) >= 11 is 0. The molecule has 0 aliphatic heterocycles. The molecule has 3 rings (SSSR count). The standard InChI is InChI=1S/C24H25FN4O5/c1-15(2)12-28(19(30)14-34-23(32)17-10-6-7-11-18(17)25)20-21(26)29(24(33)27-22(20)31)13-16-8-4-3-5-9-16/h3-11,15H,12-14,26H2,1-2H3,(H,27,31,33). The molecule has 0 atom stereocenters. The molecule has 0 unspecified atom stereocenters. The number of nitrogen functional groups attached to an aromatic ring is 1. The van der Waals surface area contributed by atoms with E-state index in [-0.39, 0.29) is 36.1 Å². The lowest BCUT2D eigenvalue weighted by atomic mass is 10.2. The van der Waals surface area contributed by atoms with E-state index in [2.05, 4.69) is 4.98 Å². The first-order valence-electron chi connectivity index (χ1n) is 10.6. The van der Waals surface area contributed by atoms with E-state index in [1.807, 2.05) is 19.9 Å². The quantitative estimate of drug-likeness (QED) is 0.488. The molecule has 0 spiro atoms. The highest BCUT2D eigenvalue weighted by Crippen LogP contribution is 2.20. The number of aromatic amines is 1. The van der Waals surface area contributed by atoms with Crippen LogP contribution in [-0.4, -0.2) is 34.6 Å². The number of nitrogens with two attached hydrogens (primary N) is 1. The Morgan fingerprint density at radius 2 is 1.74 bits per heavy atom. The van der Waals surface area contributed by atoms with Crippen molar-refractivity contribution in [1.82, 2.24) is 9.55 Å². The van der Waals surface area contributed by atoms with Crippen LogP contribution in [0.25, 0.3) is 0 Å². The van der Waals surface area contributed by atoms with Crippen molar-refractivity contribution in [2.75, 3.05) is 23.8 Å². The summed E-state index contributed by atoms with van der Waals surface area (Å²) in [7, 11) is 0. The van der Waals surface area contributed by atoms with Gasteiger partial charge < -0.3 is 15.4 Å². The molecule has 1 heterocycles. The number of nitrogens with one attached hydrogen (secondary N) is 1. The Hall–Kier alpha value is -4.21. The number of amides is 1. The van der Waals surface area contributed by atoms with Crippen LogP contribution in [0, 0.1) is 11.7 Å². The molecule has 1 amide bonds. The minimum absolute atomic E-state index is 0.0624. The van der Waals surface area contributed by atoms with Gasteiger partial charge >= 0.3 is 11.7 Å². The van der Waals surface area contributed by atoms with Crippen LogP contribution in [0.15, 0.2) is 64.2 Å². The van der Waals surface area contributed by atoms with Crippen molar-refractivity contribution < 1.29 is 18.7 Å². The monoisotopic (exact) mass is 468 g/mol. The molecule has 34 heavy (non-hydrogen) atoms. The molecule has 2 aromatic carbocycles. The number of carbonyl (C=O) groups excluding carboxylic acids is 2. The van der Waals surface area contributed by atoms with E-state index in [1.54, 1.807) is 24.3 Å². The first-order valence-corrected chi connectivity index (χ1v) is 10.6. The maximum atomic E-state index is 13.8. The molecule has 10 heteroatoms. The molecule has 0 bridgehead atoms. The highest BCUT2D eigenvalue weighted by molar-refractivity contribution is 5.98. The van der Waals surface area contributed by atoms with Gasteiger partial charge in [0.15, 0.2) is 12.3 Å². The topological polar surface area (TPSA) is 127 Å². The summed E-state index contributed by atoms with van der Waals surface area (Å²) in [6, 6.07) is 14.2. The van der Waals surface area contributed by atoms with Crippen molar-refractivity contribution in [2.24, 2.45) is 5.92 Å². The number of carbonyl (C=O) groups is 2. The van der Waals surface area contributed by atoms with Crippen LogP contribution in [0.2, 0.25) is 0 Å². The van der Waals surface area contributed by atoms with Crippen LogP contribution in [-0.2, 0) is 16.1 Å². The van der Waals surface area contributed by atoms with Crippen LogP contribution in [0.4, 0.5) is 15.9 Å². The number of benzene rings is 2. The molecular weight excluding hydrogens is 443 g/mol. The van der Waals surface area contributed by atoms with Crippen molar-refractivity contribution >= 4 is 23.4 Å². The molecule has 1 aromatic heterocycles. The summed E-state index contributed by atoms with van der Waals surface area (Å²) in [5, 5.41) is 0. The van der Waals surface area contributed by atoms with Crippen LogP contribution < -0.4 is 21.9 Å². The number of hydrogen-bond donors (Lipinski definition) is 2. The predicted molar refractivity (Wildman–Crippen MR) is 125 cm³/mol. The van der Waals surface area contributed by atoms with Crippen LogP contribution in [0.1, 0.15) is 29.8 Å². The second-order valence-corrected chi connectivity index (χ2v) is 8.02. The maximum absolute atomic E-state index is 13.8. The third-order valence-electron chi connectivity index (χ3n) is 4.94. The Morgan fingerprint density at radius 1 is 1.09 bits per heavy atom. The first-order chi connectivity index (χ1) is 16.2. The second kappa shape index (κ2) is 10.6. The number of hydrogen-bond acceptors (Lipinski definition) is 6. The summed E-state index contributed by atoms with van der Waals surface area (Å²) in [5.74, 6) is -2.86. The molecule has 0 aliphatic carbocycles. The SMILES string of the molecule is CC(C)CN(C(=O)COC(=O)c1ccccc1F)c1c(N)n(Cc2ccccc2)c(=O)[nH]c1=O. The number of ether oxygens (including phenoxy) is 1. The van der Waals surface area contributed by atoms with Gasteiger partial charge in [-0.25, -0.2) is 14.0 Å². The Kier molecular flexibility index (Phi) is 7.62. The van der Waals surface area contributed by atoms with E-state index in [0.29, 0.717) is 0 Å². The smallest absolute Gasteiger partial charge is 0.341 e. The number of aromatic nitrogens is 2. The van der Waals surface area contributed by atoms with Crippen LogP contribution >= 0.6 is 0 Å². The Labute approximate surface area is 194 Å². The summed E-state index contributed by atoms with van der Waals surface area (Å²) in [5.41, 5.74) is 4.85. The number of nitrogens with zero attached hydrogens (tertiary/aromatic N) is 2. The molecule has 0 saturated carbocycles. The number of anilines is 2. The minimum atomic E-state index is -1.02. The third-order valence-corrected chi connectivity index (χ3v) is 4.94. The van der Waals surface area contributed by atoms with Gasteiger partial charge in [-0.2, -0.15) is 0 Å². The molecule has 0 radical (unpaired) electrons. The zero-order valence-electron chi connectivity index (χ0n) is 18.8. The van der Waals surface area contributed by atoms with Crippen molar-refractivity contribution in [1.29, 1.82) is 0 Å². The van der Waals surface area contributed by atoms with Gasteiger partial charge in [-0.05, 0) is 23.6 Å². The van der Waals surface area contributed by atoms with E-state index in [9.17, 15) is 23.6 Å². The lowest BCUT2D eigenvalue weighted by Gasteiger charge is -2.26. The Morgan fingerprint density at radius 3 is 2.38 bits per heavy atom. The average Bonchev–Trinajstić information content (AvgIpc) is 2.80. The van der Waals surface area contributed by atoms with E-state index >= 15 is 0 Å². The fourth-order valence-electron chi connectivity index (χ4n) is 3.35. The largest absolute Gasteiger partial charge is 0.452 e.